The first-order valence-corrected chi connectivity index (χ1v) is 4.71. The Morgan fingerprint density at radius 3 is 2.27 bits per heavy atom. The summed E-state index contributed by atoms with van der Waals surface area (Å²) in [6.07, 6.45) is 9.21. The van der Waals surface area contributed by atoms with Crippen LogP contribution in [0.1, 0.15) is 46.5 Å². The minimum Gasteiger partial charge on any atom is -0.0883 e. The van der Waals surface area contributed by atoms with Crippen molar-refractivity contribution in [1.29, 1.82) is 0 Å². The van der Waals surface area contributed by atoms with E-state index in [1.54, 1.807) is 0 Å². The van der Waals surface area contributed by atoms with Crippen molar-refractivity contribution in [1.82, 2.24) is 0 Å². The van der Waals surface area contributed by atoms with Crippen LogP contribution in [0.2, 0.25) is 0 Å². The lowest BCUT2D eigenvalue weighted by atomic mass is 9.82. The normalized spacial score (nSPS) is 17.1. The molecule has 0 aliphatic heterocycles. The molecule has 0 aliphatic carbocycles. The lowest BCUT2D eigenvalue weighted by Crippen LogP contribution is -2.11. The van der Waals surface area contributed by atoms with E-state index in [0.717, 1.165) is 12.8 Å². The maximum absolute atomic E-state index is 4.23. The molecule has 0 aromatic heterocycles. The summed E-state index contributed by atoms with van der Waals surface area (Å²) >= 11 is 0. The highest BCUT2D eigenvalue weighted by atomic mass is 14.2. The summed E-state index contributed by atoms with van der Waals surface area (Å²) in [4.78, 5) is 0. The predicted molar refractivity (Wildman–Crippen MR) is 52.4 cm³/mol. The monoisotopic (exact) mass is 153 g/mol. The summed E-state index contributed by atoms with van der Waals surface area (Å²) in [5, 5.41) is 0. The van der Waals surface area contributed by atoms with Gasteiger partial charge in [-0.1, -0.05) is 39.3 Å². The van der Waals surface area contributed by atoms with Gasteiger partial charge in [-0.2, -0.15) is 0 Å². The quantitative estimate of drug-likeness (QED) is 0.524. The van der Waals surface area contributed by atoms with E-state index in [1.807, 2.05) is 0 Å². The van der Waals surface area contributed by atoms with Gasteiger partial charge in [0.25, 0.3) is 0 Å². The molecule has 0 fully saturated rings. The number of allylic oxidation sites excluding steroid dienone is 2. The molecule has 0 heteroatoms. The Kier molecular flexibility index (Phi) is 5.27. The Bertz CT molecular complexity index is 113. The predicted octanol–water partition coefficient (Wildman–Crippen LogP) is 3.98. The maximum Gasteiger partial charge on any atom is -0.0121 e. The SMILES string of the molecule is [CH2]C(C=CCC)(CC)CCC. The maximum atomic E-state index is 4.23. The fraction of sp³-hybridized carbons (Fsp3) is 0.727. The molecule has 0 nitrogen and oxygen atoms in total. The van der Waals surface area contributed by atoms with Crippen LogP contribution >= 0.6 is 0 Å². The highest BCUT2D eigenvalue weighted by Crippen LogP contribution is 2.28. The topological polar surface area (TPSA) is 0 Å². The zero-order valence-electron chi connectivity index (χ0n) is 8.19. The molecule has 1 atom stereocenters. The molecule has 0 aromatic rings. The largest absolute Gasteiger partial charge is 0.0883 e. The van der Waals surface area contributed by atoms with Gasteiger partial charge in [0.1, 0.15) is 0 Å². The first kappa shape index (κ1) is 10.7. The molecule has 0 aliphatic rings. The van der Waals surface area contributed by atoms with Crippen molar-refractivity contribution in [2.75, 3.05) is 0 Å². The molecule has 0 rings (SSSR count). The van der Waals surface area contributed by atoms with Crippen molar-refractivity contribution < 1.29 is 0 Å². The smallest absolute Gasteiger partial charge is 0.0121 e. The molecule has 0 N–H and O–H groups in total. The molecule has 0 heterocycles. The van der Waals surface area contributed by atoms with Crippen molar-refractivity contribution in [2.45, 2.75) is 46.5 Å². The number of rotatable bonds is 5. The Morgan fingerprint density at radius 1 is 1.27 bits per heavy atom. The summed E-state index contributed by atoms with van der Waals surface area (Å²) < 4.78 is 0. The van der Waals surface area contributed by atoms with Crippen LogP contribution in [0, 0.1) is 12.3 Å². The van der Waals surface area contributed by atoms with Crippen LogP contribution in [0.4, 0.5) is 0 Å². The standard InChI is InChI=1S/C11H21/c1-5-8-10-11(4,7-3)9-6-2/h8,10H,4-7,9H2,1-3H3. The fourth-order valence-electron chi connectivity index (χ4n) is 1.24. The molecule has 0 saturated carbocycles. The average molecular weight is 153 g/mol. The van der Waals surface area contributed by atoms with Gasteiger partial charge in [-0.05, 0) is 31.6 Å². The Balaban J connectivity index is 3.97. The summed E-state index contributed by atoms with van der Waals surface area (Å²) in [6, 6.07) is 0. The van der Waals surface area contributed by atoms with E-state index < -0.39 is 0 Å². The average Bonchev–Trinajstić information content (AvgIpc) is 2.02. The Hall–Kier alpha value is -0.260. The highest BCUT2D eigenvalue weighted by molar-refractivity contribution is 5.00. The van der Waals surface area contributed by atoms with Gasteiger partial charge in [0.05, 0.1) is 0 Å². The summed E-state index contributed by atoms with van der Waals surface area (Å²) in [7, 11) is 0. The first-order chi connectivity index (χ1) is 5.18. The van der Waals surface area contributed by atoms with Gasteiger partial charge in [-0.15, -0.1) is 0 Å². The summed E-state index contributed by atoms with van der Waals surface area (Å²) in [5.41, 5.74) is 0.213. The van der Waals surface area contributed by atoms with E-state index in [2.05, 4.69) is 39.8 Å². The molecule has 1 unspecified atom stereocenters. The molecule has 0 spiro atoms. The van der Waals surface area contributed by atoms with Crippen LogP contribution in [0.5, 0.6) is 0 Å². The van der Waals surface area contributed by atoms with Gasteiger partial charge in [-0.3, -0.25) is 0 Å². The van der Waals surface area contributed by atoms with Crippen molar-refractivity contribution in [2.24, 2.45) is 5.41 Å². The van der Waals surface area contributed by atoms with E-state index >= 15 is 0 Å². The van der Waals surface area contributed by atoms with Crippen LogP contribution < -0.4 is 0 Å². The summed E-state index contributed by atoms with van der Waals surface area (Å²) in [6.45, 7) is 10.8. The van der Waals surface area contributed by atoms with Gasteiger partial charge in [0.2, 0.25) is 0 Å². The lowest BCUT2D eigenvalue weighted by molar-refractivity contribution is 0.423. The molecule has 65 valence electrons. The van der Waals surface area contributed by atoms with E-state index in [0.29, 0.717) is 0 Å². The van der Waals surface area contributed by atoms with E-state index in [-0.39, 0.29) is 5.41 Å². The zero-order valence-corrected chi connectivity index (χ0v) is 8.19. The Morgan fingerprint density at radius 2 is 1.91 bits per heavy atom. The first-order valence-electron chi connectivity index (χ1n) is 4.71. The van der Waals surface area contributed by atoms with E-state index in [4.69, 9.17) is 0 Å². The molecular formula is C11H21. The van der Waals surface area contributed by atoms with Gasteiger partial charge in [0.15, 0.2) is 0 Å². The van der Waals surface area contributed by atoms with Crippen molar-refractivity contribution in [3.8, 4) is 0 Å². The van der Waals surface area contributed by atoms with Gasteiger partial charge < -0.3 is 0 Å². The van der Waals surface area contributed by atoms with E-state index in [9.17, 15) is 0 Å². The third kappa shape index (κ3) is 4.23. The third-order valence-electron chi connectivity index (χ3n) is 2.16. The minimum atomic E-state index is 0.213. The number of hydrogen-bond acceptors (Lipinski definition) is 0. The highest BCUT2D eigenvalue weighted by Gasteiger charge is 2.15. The van der Waals surface area contributed by atoms with Crippen molar-refractivity contribution in [3.05, 3.63) is 19.1 Å². The molecule has 1 radical (unpaired) electrons. The molecule has 0 bridgehead atoms. The van der Waals surface area contributed by atoms with Gasteiger partial charge in [0, 0.05) is 0 Å². The third-order valence-corrected chi connectivity index (χ3v) is 2.16. The van der Waals surface area contributed by atoms with Gasteiger partial charge in [-0.25, -0.2) is 0 Å². The second-order valence-electron chi connectivity index (χ2n) is 3.28. The van der Waals surface area contributed by atoms with Gasteiger partial charge >= 0.3 is 0 Å². The van der Waals surface area contributed by atoms with Crippen molar-refractivity contribution >= 4 is 0 Å². The van der Waals surface area contributed by atoms with Crippen LogP contribution in [-0.2, 0) is 0 Å². The summed E-state index contributed by atoms with van der Waals surface area (Å²) in [5.74, 6) is 0. The van der Waals surface area contributed by atoms with Crippen molar-refractivity contribution in [3.63, 3.8) is 0 Å². The second-order valence-corrected chi connectivity index (χ2v) is 3.28. The fourth-order valence-corrected chi connectivity index (χ4v) is 1.24. The van der Waals surface area contributed by atoms with Crippen LogP contribution in [0.15, 0.2) is 12.2 Å². The minimum absolute atomic E-state index is 0.213. The molecule has 0 aromatic carbocycles. The molecular weight excluding hydrogens is 132 g/mol. The molecule has 11 heavy (non-hydrogen) atoms. The van der Waals surface area contributed by atoms with Crippen LogP contribution in [0.3, 0.4) is 0 Å². The Labute approximate surface area is 71.7 Å². The molecule has 0 saturated heterocycles. The van der Waals surface area contributed by atoms with Crippen LogP contribution in [0.25, 0.3) is 0 Å². The number of hydrogen-bond donors (Lipinski definition) is 0. The van der Waals surface area contributed by atoms with Crippen LogP contribution in [-0.4, -0.2) is 0 Å². The van der Waals surface area contributed by atoms with E-state index in [1.165, 1.54) is 12.8 Å². The second kappa shape index (κ2) is 5.40. The lowest BCUT2D eigenvalue weighted by Gasteiger charge is -2.23. The zero-order chi connectivity index (χ0) is 8.74. The molecule has 0 amide bonds.